The molecule has 1 aliphatic rings. The highest BCUT2D eigenvalue weighted by molar-refractivity contribution is 5.85. The van der Waals surface area contributed by atoms with Crippen molar-refractivity contribution in [3.63, 3.8) is 0 Å². The zero-order valence-electron chi connectivity index (χ0n) is 14.5. The molecule has 1 aliphatic heterocycles. The second-order valence-corrected chi connectivity index (χ2v) is 6.31. The second-order valence-electron chi connectivity index (χ2n) is 6.31. The van der Waals surface area contributed by atoms with Gasteiger partial charge in [0.1, 0.15) is 0 Å². The van der Waals surface area contributed by atoms with Gasteiger partial charge in [0.25, 0.3) is 0 Å². The number of carbonyl (C=O) groups excluding carboxylic acids is 1. The maximum Gasteiger partial charge on any atom is 0.228 e. The Bertz CT molecular complexity index is 700. The molecule has 0 unspecified atom stereocenters. The van der Waals surface area contributed by atoms with Crippen molar-refractivity contribution in [1.82, 2.24) is 20.0 Å². The van der Waals surface area contributed by atoms with E-state index in [9.17, 15) is 4.79 Å². The second kappa shape index (κ2) is 8.83. The molecule has 1 aromatic heterocycles. The molecule has 3 rings (SSSR count). The number of amides is 1. The van der Waals surface area contributed by atoms with Gasteiger partial charge in [0.2, 0.25) is 5.91 Å². The van der Waals surface area contributed by atoms with Gasteiger partial charge >= 0.3 is 0 Å². The fourth-order valence-corrected chi connectivity index (χ4v) is 3.35. The Hall–Kier alpha value is -2.11. The van der Waals surface area contributed by atoms with Crippen LogP contribution in [0.25, 0.3) is 0 Å². The summed E-state index contributed by atoms with van der Waals surface area (Å²) >= 11 is 0. The zero-order chi connectivity index (χ0) is 16.9. The molecule has 2 heterocycles. The van der Waals surface area contributed by atoms with Crippen molar-refractivity contribution in [2.45, 2.75) is 12.5 Å². The van der Waals surface area contributed by atoms with Crippen molar-refractivity contribution < 1.29 is 4.79 Å². The first-order valence-corrected chi connectivity index (χ1v) is 8.32. The number of hydrogen-bond donors (Lipinski definition) is 1. The summed E-state index contributed by atoms with van der Waals surface area (Å²) < 4.78 is 1.79. The smallest absolute Gasteiger partial charge is 0.228 e. The van der Waals surface area contributed by atoms with Gasteiger partial charge in [-0.25, -0.2) is 0 Å². The van der Waals surface area contributed by atoms with Crippen LogP contribution in [0.1, 0.15) is 17.0 Å². The maximum absolute atomic E-state index is 13.1. The lowest BCUT2D eigenvalue weighted by Gasteiger charge is -2.27. The molecule has 0 radical (unpaired) electrons. The molecular formula is C19H25ClN4O. The fraction of sp³-hybridized carbons (Fsp3) is 0.368. The van der Waals surface area contributed by atoms with Crippen LogP contribution in [-0.4, -0.2) is 40.2 Å². The lowest BCUT2D eigenvalue weighted by molar-refractivity contribution is -0.135. The van der Waals surface area contributed by atoms with E-state index in [0.717, 1.165) is 17.7 Å². The number of nitrogens with one attached hydrogen (secondary N) is 1. The van der Waals surface area contributed by atoms with Crippen LogP contribution in [-0.2, 0) is 18.4 Å². The predicted octanol–water partition coefficient (Wildman–Crippen LogP) is 2.36. The topological polar surface area (TPSA) is 50.2 Å². The quantitative estimate of drug-likeness (QED) is 0.804. The molecule has 1 amide bonds. The molecule has 1 N–H and O–H groups in total. The summed E-state index contributed by atoms with van der Waals surface area (Å²) in [6.07, 6.45) is 5.67. The molecule has 1 saturated heterocycles. The van der Waals surface area contributed by atoms with Crippen molar-refractivity contribution >= 4 is 18.3 Å². The number of hydrogen-bond acceptors (Lipinski definition) is 3. The van der Waals surface area contributed by atoms with Crippen molar-refractivity contribution in [3.05, 3.63) is 66.5 Å². The standard InChI is InChI=1S/C19H24N4O.ClH/c1-3-9-23(13-15-7-5-4-6-8-15)19(24)18-12-20-11-17(18)16-10-21-22(2)14-16;/h3-8,10,14,17-18,20H,1,9,11-13H2,2H3;1H/t17-,18+;/m1./s1. The number of carbonyl (C=O) groups is 1. The minimum atomic E-state index is -0.0575. The number of nitrogens with zero attached hydrogens (tertiary/aromatic N) is 3. The number of rotatable bonds is 6. The third-order valence-electron chi connectivity index (χ3n) is 4.56. The van der Waals surface area contributed by atoms with E-state index in [0.29, 0.717) is 19.6 Å². The molecule has 1 aromatic carbocycles. The summed E-state index contributed by atoms with van der Waals surface area (Å²) in [5, 5.41) is 7.61. The van der Waals surface area contributed by atoms with E-state index in [2.05, 4.69) is 29.1 Å². The van der Waals surface area contributed by atoms with Crippen LogP contribution in [0.5, 0.6) is 0 Å². The average molecular weight is 361 g/mol. The molecule has 2 atom stereocenters. The Morgan fingerprint density at radius 3 is 2.80 bits per heavy atom. The van der Waals surface area contributed by atoms with Crippen molar-refractivity contribution in [2.24, 2.45) is 13.0 Å². The summed E-state index contributed by atoms with van der Waals surface area (Å²) in [5.41, 5.74) is 2.26. The molecule has 25 heavy (non-hydrogen) atoms. The van der Waals surface area contributed by atoms with E-state index in [4.69, 9.17) is 0 Å². The molecule has 134 valence electrons. The van der Waals surface area contributed by atoms with Crippen LogP contribution in [0.3, 0.4) is 0 Å². The van der Waals surface area contributed by atoms with Crippen molar-refractivity contribution in [1.29, 1.82) is 0 Å². The molecular weight excluding hydrogens is 336 g/mol. The lowest BCUT2D eigenvalue weighted by Crippen LogP contribution is -2.38. The van der Waals surface area contributed by atoms with Gasteiger partial charge in [-0.2, -0.15) is 5.10 Å². The summed E-state index contributed by atoms with van der Waals surface area (Å²) in [4.78, 5) is 15.0. The van der Waals surface area contributed by atoms with Crippen LogP contribution < -0.4 is 5.32 Å². The van der Waals surface area contributed by atoms with Crippen LogP contribution in [0.15, 0.2) is 55.4 Å². The predicted molar refractivity (Wildman–Crippen MR) is 102 cm³/mol. The van der Waals surface area contributed by atoms with Crippen LogP contribution in [0, 0.1) is 5.92 Å². The minimum Gasteiger partial charge on any atom is -0.334 e. The Kier molecular flexibility index (Phi) is 6.79. The maximum atomic E-state index is 13.1. The van der Waals surface area contributed by atoms with E-state index in [1.54, 1.807) is 10.8 Å². The van der Waals surface area contributed by atoms with Gasteiger partial charge in [-0.15, -0.1) is 19.0 Å². The minimum absolute atomic E-state index is 0. The number of aryl methyl sites for hydroxylation is 1. The van der Waals surface area contributed by atoms with E-state index in [-0.39, 0.29) is 30.2 Å². The molecule has 0 bridgehead atoms. The molecule has 0 spiro atoms. The molecule has 5 nitrogen and oxygen atoms in total. The zero-order valence-corrected chi connectivity index (χ0v) is 15.3. The molecule has 1 fully saturated rings. The third-order valence-corrected chi connectivity index (χ3v) is 4.56. The van der Waals surface area contributed by atoms with Crippen LogP contribution >= 0.6 is 12.4 Å². The van der Waals surface area contributed by atoms with E-state index in [1.807, 2.05) is 42.5 Å². The Morgan fingerprint density at radius 2 is 2.16 bits per heavy atom. The van der Waals surface area contributed by atoms with Gasteiger partial charge < -0.3 is 10.2 Å². The van der Waals surface area contributed by atoms with Crippen LogP contribution in [0.4, 0.5) is 0 Å². The molecule has 2 aromatic rings. The fourth-order valence-electron chi connectivity index (χ4n) is 3.35. The van der Waals surface area contributed by atoms with Gasteiger partial charge in [0, 0.05) is 45.3 Å². The SMILES string of the molecule is C=CCN(Cc1ccccc1)C(=O)[C@H]1CNC[C@@H]1c1cnn(C)c1.Cl. The summed E-state index contributed by atoms with van der Waals surface area (Å²) in [6.45, 7) is 6.51. The third kappa shape index (κ3) is 4.50. The first kappa shape index (κ1) is 19.2. The van der Waals surface area contributed by atoms with Gasteiger partial charge in [0.05, 0.1) is 12.1 Å². The normalized spacial score (nSPS) is 19.2. The summed E-state index contributed by atoms with van der Waals surface area (Å²) in [7, 11) is 1.90. The van der Waals surface area contributed by atoms with Gasteiger partial charge in [0.15, 0.2) is 0 Å². The van der Waals surface area contributed by atoms with E-state index >= 15 is 0 Å². The summed E-state index contributed by atoms with van der Waals surface area (Å²) in [6, 6.07) is 10.1. The Balaban J connectivity index is 0.00000225. The monoisotopic (exact) mass is 360 g/mol. The molecule has 0 saturated carbocycles. The summed E-state index contributed by atoms with van der Waals surface area (Å²) in [5.74, 6) is 0.296. The van der Waals surface area contributed by atoms with E-state index < -0.39 is 0 Å². The number of aromatic nitrogens is 2. The molecule has 0 aliphatic carbocycles. The Labute approximate surface area is 155 Å². The van der Waals surface area contributed by atoms with Gasteiger partial charge in [-0.3, -0.25) is 9.48 Å². The van der Waals surface area contributed by atoms with Crippen LogP contribution in [0.2, 0.25) is 0 Å². The highest BCUT2D eigenvalue weighted by Crippen LogP contribution is 2.29. The highest BCUT2D eigenvalue weighted by Gasteiger charge is 2.36. The first-order valence-electron chi connectivity index (χ1n) is 8.32. The Morgan fingerprint density at radius 1 is 1.40 bits per heavy atom. The largest absolute Gasteiger partial charge is 0.334 e. The van der Waals surface area contributed by atoms with E-state index in [1.165, 1.54) is 0 Å². The molecule has 6 heteroatoms. The highest BCUT2D eigenvalue weighted by atomic mass is 35.5. The average Bonchev–Trinajstić information content (AvgIpc) is 3.23. The first-order chi connectivity index (χ1) is 11.7. The lowest BCUT2D eigenvalue weighted by atomic mass is 9.89. The van der Waals surface area contributed by atoms with Crippen molar-refractivity contribution in [3.8, 4) is 0 Å². The van der Waals surface area contributed by atoms with Crippen molar-refractivity contribution in [2.75, 3.05) is 19.6 Å². The van der Waals surface area contributed by atoms with Gasteiger partial charge in [-0.1, -0.05) is 36.4 Å². The number of benzene rings is 1. The van der Waals surface area contributed by atoms with Gasteiger partial charge in [-0.05, 0) is 11.1 Å². The number of halogens is 1.